The van der Waals surface area contributed by atoms with Crippen LogP contribution >= 0.6 is 11.3 Å². The van der Waals surface area contributed by atoms with Gasteiger partial charge in [-0.2, -0.15) is 11.3 Å². The fraction of sp³-hybridized carbons (Fsp3) is 0.389. The van der Waals surface area contributed by atoms with Gasteiger partial charge in [0.25, 0.3) is 0 Å². The first-order chi connectivity index (χ1) is 11.7. The highest BCUT2D eigenvalue weighted by Gasteiger charge is 2.26. The Morgan fingerprint density at radius 3 is 3.00 bits per heavy atom. The van der Waals surface area contributed by atoms with Gasteiger partial charge in [0.2, 0.25) is 0 Å². The first kappa shape index (κ1) is 15.5. The maximum absolute atomic E-state index is 4.83. The molecule has 4 rings (SSSR count). The molecule has 0 unspecified atom stereocenters. The number of aromatic nitrogens is 4. The highest BCUT2D eigenvalue weighted by atomic mass is 32.1. The van der Waals surface area contributed by atoms with Crippen molar-refractivity contribution in [3.8, 4) is 11.5 Å². The summed E-state index contributed by atoms with van der Waals surface area (Å²) < 4.78 is 2.00. The van der Waals surface area contributed by atoms with E-state index in [0.29, 0.717) is 5.92 Å². The van der Waals surface area contributed by atoms with Gasteiger partial charge >= 0.3 is 0 Å². The smallest absolute Gasteiger partial charge is 0.158 e. The quantitative estimate of drug-likeness (QED) is 0.732. The molecule has 0 aromatic carbocycles. The summed E-state index contributed by atoms with van der Waals surface area (Å²) in [5.74, 6) is 2.26. The first-order valence-electron chi connectivity index (χ1n) is 8.26. The van der Waals surface area contributed by atoms with Gasteiger partial charge in [-0.1, -0.05) is 0 Å². The van der Waals surface area contributed by atoms with Crippen molar-refractivity contribution in [1.29, 1.82) is 0 Å². The van der Waals surface area contributed by atoms with Crippen LogP contribution in [0.15, 0.2) is 35.3 Å². The predicted octanol–water partition coefficient (Wildman–Crippen LogP) is 3.24. The van der Waals surface area contributed by atoms with Gasteiger partial charge in [-0.3, -0.25) is 4.90 Å². The Labute approximate surface area is 146 Å². The molecule has 0 N–H and O–H groups in total. The van der Waals surface area contributed by atoms with Gasteiger partial charge in [-0.05, 0) is 48.3 Å². The van der Waals surface area contributed by atoms with Gasteiger partial charge in [0.15, 0.2) is 5.82 Å². The number of thiophene rings is 1. The van der Waals surface area contributed by atoms with Crippen LogP contribution in [0.1, 0.15) is 29.4 Å². The number of hydrogen-bond acceptors (Lipinski definition) is 5. The monoisotopic (exact) mass is 339 g/mol. The second-order valence-electron chi connectivity index (χ2n) is 6.47. The fourth-order valence-corrected chi connectivity index (χ4v) is 3.99. The van der Waals surface area contributed by atoms with E-state index in [2.05, 4.69) is 26.7 Å². The molecule has 3 aromatic heterocycles. The molecule has 0 bridgehead atoms. The van der Waals surface area contributed by atoms with Crippen LogP contribution in [0.5, 0.6) is 0 Å². The third-order valence-electron chi connectivity index (χ3n) is 4.55. The lowest BCUT2D eigenvalue weighted by Crippen LogP contribution is -2.20. The van der Waals surface area contributed by atoms with Gasteiger partial charge in [0, 0.05) is 44.1 Å². The SMILES string of the molecule is Cc1cc(-c2nccn2C)nc([C@H]2CCN(Cc3ccsc3)C2)n1. The van der Waals surface area contributed by atoms with Crippen LogP contribution in [0.4, 0.5) is 0 Å². The van der Waals surface area contributed by atoms with E-state index in [0.717, 1.165) is 49.1 Å². The Kier molecular flexibility index (Phi) is 4.16. The highest BCUT2D eigenvalue weighted by molar-refractivity contribution is 7.07. The summed E-state index contributed by atoms with van der Waals surface area (Å²) >= 11 is 1.76. The number of likely N-dealkylation sites (tertiary alicyclic amines) is 1. The van der Waals surface area contributed by atoms with E-state index in [1.165, 1.54) is 5.56 Å². The Bertz CT molecular complexity index is 824. The van der Waals surface area contributed by atoms with Crippen LogP contribution in [0, 0.1) is 6.92 Å². The second-order valence-corrected chi connectivity index (χ2v) is 7.25. The maximum Gasteiger partial charge on any atom is 0.158 e. The minimum atomic E-state index is 0.405. The summed E-state index contributed by atoms with van der Waals surface area (Å²) in [5, 5.41) is 4.38. The highest BCUT2D eigenvalue weighted by Crippen LogP contribution is 2.28. The Balaban J connectivity index is 1.54. The zero-order chi connectivity index (χ0) is 16.5. The second kappa shape index (κ2) is 6.45. The third-order valence-corrected chi connectivity index (χ3v) is 5.28. The van der Waals surface area contributed by atoms with E-state index in [-0.39, 0.29) is 0 Å². The van der Waals surface area contributed by atoms with Crippen LogP contribution in [-0.4, -0.2) is 37.5 Å². The molecule has 5 nitrogen and oxygen atoms in total. The Morgan fingerprint density at radius 1 is 1.33 bits per heavy atom. The van der Waals surface area contributed by atoms with Crippen molar-refractivity contribution in [2.75, 3.05) is 13.1 Å². The Morgan fingerprint density at radius 2 is 2.25 bits per heavy atom. The molecule has 1 aliphatic rings. The number of aryl methyl sites for hydroxylation is 2. The van der Waals surface area contributed by atoms with Gasteiger partial charge in [0.05, 0.1) is 0 Å². The molecular formula is C18H21N5S. The van der Waals surface area contributed by atoms with Crippen molar-refractivity contribution in [3.05, 3.63) is 52.4 Å². The average molecular weight is 339 g/mol. The number of hydrogen-bond donors (Lipinski definition) is 0. The molecule has 24 heavy (non-hydrogen) atoms. The first-order valence-corrected chi connectivity index (χ1v) is 9.20. The van der Waals surface area contributed by atoms with E-state index in [4.69, 9.17) is 9.97 Å². The summed E-state index contributed by atoms with van der Waals surface area (Å²) in [6.45, 7) is 5.20. The normalized spacial score (nSPS) is 18.3. The van der Waals surface area contributed by atoms with Crippen LogP contribution in [0.2, 0.25) is 0 Å². The summed E-state index contributed by atoms with van der Waals surface area (Å²) in [6, 6.07) is 4.23. The van der Waals surface area contributed by atoms with Crippen molar-refractivity contribution < 1.29 is 0 Å². The molecule has 6 heteroatoms. The van der Waals surface area contributed by atoms with Crippen molar-refractivity contribution in [2.24, 2.45) is 7.05 Å². The standard InChI is InChI=1S/C18H21N5S/c1-13-9-16(18-19-5-7-22(18)2)21-17(20-13)15-3-6-23(11-15)10-14-4-8-24-12-14/h4-5,7-9,12,15H,3,6,10-11H2,1-2H3/t15-/m0/s1. The van der Waals surface area contributed by atoms with E-state index in [1.54, 1.807) is 11.3 Å². The molecule has 0 amide bonds. The molecule has 3 aromatic rings. The van der Waals surface area contributed by atoms with Crippen molar-refractivity contribution in [2.45, 2.75) is 25.8 Å². The Hall–Kier alpha value is -2.05. The molecule has 0 aliphatic carbocycles. The van der Waals surface area contributed by atoms with Gasteiger partial charge in [-0.15, -0.1) is 0 Å². The number of rotatable bonds is 4. The molecule has 0 saturated carbocycles. The van der Waals surface area contributed by atoms with Crippen LogP contribution in [-0.2, 0) is 13.6 Å². The largest absolute Gasteiger partial charge is 0.333 e. The van der Waals surface area contributed by atoms with Gasteiger partial charge < -0.3 is 4.57 Å². The molecule has 0 spiro atoms. The number of imidazole rings is 1. The van der Waals surface area contributed by atoms with Crippen LogP contribution in [0.3, 0.4) is 0 Å². The average Bonchev–Trinajstić information content (AvgIpc) is 3.29. The summed E-state index contributed by atoms with van der Waals surface area (Å²) in [5.41, 5.74) is 3.33. The fourth-order valence-electron chi connectivity index (χ4n) is 3.33. The lowest BCUT2D eigenvalue weighted by Gasteiger charge is -2.15. The molecule has 1 atom stereocenters. The molecule has 124 valence electrons. The van der Waals surface area contributed by atoms with Crippen molar-refractivity contribution in [1.82, 2.24) is 24.4 Å². The third kappa shape index (κ3) is 3.12. The molecule has 1 fully saturated rings. The van der Waals surface area contributed by atoms with Crippen molar-refractivity contribution in [3.63, 3.8) is 0 Å². The van der Waals surface area contributed by atoms with Crippen LogP contribution < -0.4 is 0 Å². The van der Waals surface area contributed by atoms with E-state index >= 15 is 0 Å². The van der Waals surface area contributed by atoms with Gasteiger partial charge in [-0.25, -0.2) is 15.0 Å². The molecule has 1 saturated heterocycles. The van der Waals surface area contributed by atoms with E-state index in [1.807, 2.05) is 37.0 Å². The molecule has 4 heterocycles. The minimum Gasteiger partial charge on any atom is -0.333 e. The number of nitrogens with zero attached hydrogens (tertiary/aromatic N) is 5. The summed E-state index contributed by atoms with van der Waals surface area (Å²) in [6.07, 6.45) is 4.88. The zero-order valence-electron chi connectivity index (χ0n) is 14.0. The molecule has 1 aliphatic heterocycles. The maximum atomic E-state index is 4.83. The topological polar surface area (TPSA) is 46.8 Å². The minimum absolute atomic E-state index is 0.405. The van der Waals surface area contributed by atoms with Crippen molar-refractivity contribution >= 4 is 11.3 Å². The molecule has 0 radical (unpaired) electrons. The van der Waals surface area contributed by atoms with Gasteiger partial charge in [0.1, 0.15) is 11.5 Å². The lowest BCUT2D eigenvalue weighted by molar-refractivity contribution is 0.326. The molecular weight excluding hydrogens is 318 g/mol. The summed E-state index contributed by atoms with van der Waals surface area (Å²) in [4.78, 5) is 16.5. The van der Waals surface area contributed by atoms with E-state index in [9.17, 15) is 0 Å². The summed E-state index contributed by atoms with van der Waals surface area (Å²) in [7, 11) is 2.00. The zero-order valence-corrected chi connectivity index (χ0v) is 14.8. The van der Waals surface area contributed by atoms with E-state index < -0.39 is 0 Å². The van der Waals surface area contributed by atoms with Crippen LogP contribution in [0.25, 0.3) is 11.5 Å². The lowest BCUT2D eigenvalue weighted by atomic mass is 10.1. The predicted molar refractivity (Wildman–Crippen MR) is 95.9 cm³/mol.